The summed E-state index contributed by atoms with van der Waals surface area (Å²) >= 11 is 6.63. The Hall–Kier alpha value is -3.02. The molecule has 0 saturated carbocycles. The van der Waals surface area contributed by atoms with Crippen molar-refractivity contribution in [1.29, 1.82) is 5.26 Å². The van der Waals surface area contributed by atoms with Crippen LogP contribution in [0.15, 0.2) is 58.3 Å². The Labute approximate surface area is 214 Å². The second-order valence-corrected chi connectivity index (χ2v) is 11.9. The molecule has 3 heterocycles. The molecule has 1 aromatic heterocycles. The Balaban J connectivity index is 1.87. The first kappa shape index (κ1) is 24.7. The lowest BCUT2D eigenvalue weighted by atomic mass is 10.2. The Kier molecular flexibility index (Phi) is 6.96. The Morgan fingerprint density at radius 1 is 1.17 bits per heavy atom. The third-order valence-corrected chi connectivity index (χ3v) is 10.5. The van der Waals surface area contributed by atoms with E-state index >= 15 is 4.39 Å². The van der Waals surface area contributed by atoms with Crippen molar-refractivity contribution >= 4 is 41.6 Å². The van der Waals surface area contributed by atoms with Crippen LogP contribution < -0.4 is 5.30 Å². The van der Waals surface area contributed by atoms with Crippen molar-refractivity contribution in [3.05, 3.63) is 70.6 Å². The summed E-state index contributed by atoms with van der Waals surface area (Å²) in [5.41, 5.74) is 1.81. The summed E-state index contributed by atoms with van der Waals surface area (Å²) in [6.07, 6.45) is 0.276. The van der Waals surface area contributed by atoms with Crippen molar-refractivity contribution in [2.45, 2.75) is 19.9 Å². The highest BCUT2D eigenvalue weighted by Crippen LogP contribution is 2.62. The fraction of sp³-hybridized carbons (Fsp3) is 0.320. The van der Waals surface area contributed by atoms with Gasteiger partial charge in [-0.2, -0.15) is 10.4 Å². The molecule has 0 aliphatic carbocycles. The largest absolute Gasteiger partial charge is 0.379 e. The number of nitriles is 1. The standard InChI is InChI=1S/C25H26ClFN7OP/c1-18-23-25(34(30-18)13-7-12-28)29-24(19-8-3-5-10-21(19)27)32(2)36(23,33-14-16-35-17-15-33)31-22-11-6-4-9-20(22)26/h3-6,8-11H,7,13-17H2,1-2H3/t36-/m0/s1. The first-order valence-electron chi connectivity index (χ1n) is 11.7. The molecule has 186 valence electrons. The molecule has 0 radical (unpaired) electrons. The number of rotatable bonds is 5. The molecule has 0 amide bonds. The van der Waals surface area contributed by atoms with Crippen LogP contribution in [0, 0.1) is 24.1 Å². The molecule has 2 aliphatic heterocycles. The van der Waals surface area contributed by atoms with Crippen LogP contribution in [0.1, 0.15) is 17.7 Å². The Bertz CT molecular complexity index is 1420. The molecule has 1 fully saturated rings. The monoisotopic (exact) mass is 525 g/mol. The van der Waals surface area contributed by atoms with E-state index in [4.69, 9.17) is 31.2 Å². The van der Waals surface area contributed by atoms with Gasteiger partial charge in [-0.15, -0.1) is 0 Å². The number of ether oxygens (including phenoxy) is 1. The van der Waals surface area contributed by atoms with Crippen LogP contribution >= 0.6 is 19.0 Å². The van der Waals surface area contributed by atoms with Gasteiger partial charge in [-0.1, -0.05) is 35.9 Å². The fourth-order valence-corrected chi connectivity index (χ4v) is 8.78. The van der Waals surface area contributed by atoms with Crippen LogP contribution in [-0.2, 0) is 11.3 Å². The number of fused-ring (bicyclic) bond motifs is 1. The lowest BCUT2D eigenvalue weighted by Crippen LogP contribution is -2.45. The van der Waals surface area contributed by atoms with Crippen molar-refractivity contribution in [2.75, 3.05) is 33.4 Å². The minimum Gasteiger partial charge on any atom is -0.379 e. The van der Waals surface area contributed by atoms with Crippen LogP contribution in [0.5, 0.6) is 0 Å². The van der Waals surface area contributed by atoms with Gasteiger partial charge in [0.05, 0.1) is 59.5 Å². The van der Waals surface area contributed by atoms with Crippen molar-refractivity contribution in [3.63, 3.8) is 0 Å². The summed E-state index contributed by atoms with van der Waals surface area (Å²) in [5.74, 6) is 0.702. The zero-order valence-corrected chi connectivity index (χ0v) is 21.8. The summed E-state index contributed by atoms with van der Waals surface area (Å²) in [6, 6.07) is 16.3. The van der Waals surface area contributed by atoms with Crippen LogP contribution in [0.4, 0.5) is 15.9 Å². The molecule has 0 unspecified atom stereocenters. The highest BCUT2D eigenvalue weighted by molar-refractivity contribution is 7.70. The minimum absolute atomic E-state index is 0.276. The number of hydrogen-bond donors (Lipinski definition) is 0. The van der Waals surface area contributed by atoms with E-state index in [9.17, 15) is 5.26 Å². The number of aromatic nitrogens is 2. The average molecular weight is 526 g/mol. The predicted octanol–water partition coefficient (Wildman–Crippen LogP) is 5.24. The van der Waals surface area contributed by atoms with E-state index in [0.717, 1.165) is 11.0 Å². The number of hydrogen-bond acceptors (Lipinski definition) is 5. The van der Waals surface area contributed by atoms with Crippen molar-refractivity contribution in [2.24, 2.45) is 9.74 Å². The van der Waals surface area contributed by atoms with E-state index in [2.05, 4.69) is 10.7 Å². The molecular weight excluding hydrogens is 500 g/mol. The smallest absolute Gasteiger partial charge is 0.165 e. The maximum atomic E-state index is 15.2. The maximum absolute atomic E-state index is 15.2. The number of benzene rings is 2. The highest BCUT2D eigenvalue weighted by Gasteiger charge is 2.45. The van der Waals surface area contributed by atoms with Crippen molar-refractivity contribution < 1.29 is 9.13 Å². The summed E-state index contributed by atoms with van der Waals surface area (Å²) in [4.78, 5) is 4.96. The van der Waals surface area contributed by atoms with Crippen LogP contribution in [0.3, 0.4) is 0 Å². The van der Waals surface area contributed by atoms with Crippen molar-refractivity contribution in [3.8, 4) is 6.07 Å². The van der Waals surface area contributed by atoms with Gasteiger partial charge >= 0.3 is 0 Å². The van der Waals surface area contributed by atoms with Gasteiger partial charge in [0.1, 0.15) is 11.7 Å². The van der Waals surface area contributed by atoms with Gasteiger partial charge in [0, 0.05) is 20.1 Å². The highest BCUT2D eigenvalue weighted by atomic mass is 35.5. The lowest BCUT2D eigenvalue weighted by Gasteiger charge is -2.46. The zero-order chi connectivity index (χ0) is 25.3. The SMILES string of the molecule is Cc1nn(CCC#N)c2c1[P@@](=Nc1ccccc1Cl)(N1CCOCC1)N(C)C(c1ccccc1F)=N2. The number of aliphatic imine (C=N–C) groups is 1. The van der Waals surface area contributed by atoms with Gasteiger partial charge in [-0.05, 0) is 31.2 Å². The number of nitrogens with zero attached hydrogens (tertiary/aromatic N) is 7. The van der Waals surface area contributed by atoms with Gasteiger partial charge in [-0.3, -0.25) is 0 Å². The number of morpholine rings is 1. The van der Waals surface area contributed by atoms with E-state index < -0.39 is 7.36 Å². The van der Waals surface area contributed by atoms with Gasteiger partial charge in [0.2, 0.25) is 0 Å². The van der Waals surface area contributed by atoms with Crippen LogP contribution in [-0.4, -0.2) is 58.3 Å². The van der Waals surface area contributed by atoms with Gasteiger partial charge in [0.15, 0.2) is 13.2 Å². The fourth-order valence-electron chi connectivity index (χ4n) is 4.69. The lowest BCUT2D eigenvalue weighted by molar-refractivity contribution is 0.0732. The molecule has 0 spiro atoms. The van der Waals surface area contributed by atoms with Gasteiger partial charge in [-0.25, -0.2) is 23.5 Å². The molecule has 5 rings (SSSR count). The second-order valence-electron chi connectivity index (χ2n) is 8.51. The Morgan fingerprint density at radius 2 is 1.89 bits per heavy atom. The molecule has 0 N–H and O–H groups in total. The number of amidine groups is 1. The molecule has 2 aliphatic rings. The first-order valence-corrected chi connectivity index (χ1v) is 13.7. The summed E-state index contributed by atoms with van der Waals surface area (Å²) < 4.78 is 32.4. The second kappa shape index (κ2) is 10.2. The molecule has 36 heavy (non-hydrogen) atoms. The maximum Gasteiger partial charge on any atom is 0.165 e. The van der Waals surface area contributed by atoms with Crippen LogP contribution in [0.2, 0.25) is 5.02 Å². The molecule has 11 heteroatoms. The predicted molar refractivity (Wildman–Crippen MR) is 140 cm³/mol. The molecule has 1 atom stereocenters. The normalized spacial score (nSPS) is 20.0. The summed E-state index contributed by atoms with van der Waals surface area (Å²) in [7, 11) is -0.902. The topological polar surface area (TPSA) is 82.0 Å². The average Bonchev–Trinajstić information content (AvgIpc) is 3.21. The third kappa shape index (κ3) is 4.14. The first-order chi connectivity index (χ1) is 17.5. The van der Waals surface area contributed by atoms with E-state index in [1.165, 1.54) is 6.07 Å². The van der Waals surface area contributed by atoms with E-state index in [0.29, 0.717) is 60.8 Å². The van der Waals surface area contributed by atoms with E-state index in [1.54, 1.807) is 22.9 Å². The molecule has 3 aromatic rings. The molecule has 0 bridgehead atoms. The van der Waals surface area contributed by atoms with Gasteiger partial charge < -0.3 is 9.41 Å². The molecule has 2 aromatic carbocycles. The number of halogens is 2. The molecule has 1 saturated heterocycles. The molecule has 8 nitrogen and oxygen atoms in total. The van der Waals surface area contributed by atoms with E-state index in [-0.39, 0.29) is 12.2 Å². The summed E-state index contributed by atoms with van der Waals surface area (Å²) in [5, 5.41) is 15.5. The van der Waals surface area contributed by atoms with Gasteiger partial charge in [0.25, 0.3) is 0 Å². The molecular formula is C25H26ClFN7OP. The zero-order valence-electron chi connectivity index (χ0n) is 20.1. The quantitative estimate of drug-likeness (QED) is 0.425. The summed E-state index contributed by atoms with van der Waals surface area (Å²) in [6.45, 7) is 4.70. The minimum atomic E-state index is -2.82. The van der Waals surface area contributed by atoms with Crippen molar-refractivity contribution in [1.82, 2.24) is 19.1 Å². The van der Waals surface area contributed by atoms with Crippen LogP contribution in [0.25, 0.3) is 0 Å². The third-order valence-electron chi connectivity index (χ3n) is 6.34. The van der Waals surface area contributed by atoms with E-state index in [1.807, 2.05) is 42.9 Å². The number of aryl methyl sites for hydroxylation is 2. The Morgan fingerprint density at radius 3 is 2.61 bits per heavy atom.